The molecule has 1 aromatic rings. The lowest BCUT2D eigenvalue weighted by atomic mass is 9.78. The molecule has 2 saturated heterocycles. The van der Waals surface area contributed by atoms with Crippen LogP contribution in [-0.2, 0) is 21.4 Å². The summed E-state index contributed by atoms with van der Waals surface area (Å²) in [6.45, 7) is 3.47. The van der Waals surface area contributed by atoms with Gasteiger partial charge in [-0.25, -0.2) is 12.7 Å². The van der Waals surface area contributed by atoms with Gasteiger partial charge >= 0.3 is 0 Å². The van der Waals surface area contributed by atoms with E-state index in [0.717, 1.165) is 18.4 Å². The van der Waals surface area contributed by atoms with Crippen LogP contribution in [0.4, 0.5) is 0 Å². The monoisotopic (exact) mass is 396 g/mol. The highest BCUT2D eigenvalue weighted by Crippen LogP contribution is 2.42. The number of likely N-dealkylation sites (tertiary alicyclic amines) is 1. The zero-order valence-corrected chi connectivity index (χ0v) is 17.0. The van der Waals surface area contributed by atoms with Crippen molar-refractivity contribution in [1.82, 2.24) is 9.21 Å². The fourth-order valence-electron chi connectivity index (χ4n) is 4.22. The van der Waals surface area contributed by atoms with Gasteiger partial charge in [0.25, 0.3) is 0 Å². The Balaban J connectivity index is 1.81. The fraction of sp³-hybridized carbons (Fsp3) is 0.632. The molecule has 0 aromatic heterocycles. The minimum Gasteiger partial charge on any atom is -0.493 e. The van der Waals surface area contributed by atoms with Gasteiger partial charge in [-0.3, -0.25) is 4.79 Å². The van der Waals surface area contributed by atoms with Crippen molar-refractivity contribution >= 4 is 15.9 Å². The lowest BCUT2D eigenvalue weighted by molar-refractivity contribution is -0.146. The van der Waals surface area contributed by atoms with E-state index < -0.39 is 15.4 Å². The van der Waals surface area contributed by atoms with E-state index >= 15 is 0 Å². The quantitative estimate of drug-likeness (QED) is 0.734. The summed E-state index contributed by atoms with van der Waals surface area (Å²) >= 11 is 0. The van der Waals surface area contributed by atoms with E-state index in [-0.39, 0.29) is 11.7 Å². The van der Waals surface area contributed by atoms with Crippen LogP contribution < -0.4 is 9.47 Å². The molecule has 0 aliphatic carbocycles. The van der Waals surface area contributed by atoms with Crippen molar-refractivity contribution in [2.45, 2.75) is 32.7 Å². The van der Waals surface area contributed by atoms with Crippen LogP contribution in [0.2, 0.25) is 0 Å². The SMILES string of the molecule is CCS(=O)(=O)N1CC[C@]2(CCCN(Cc3cccc(OC)c3OC)C2=O)C1. The fourth-order valence-corrected chi connectivity index (χ4v) is 5.40. The van der Waals surface area contributed by atoms with Gasteiger partial charge < -0.3 is 14.4 Å². The van der Waals surface area contributed by atoms with Crippen LogP contribution in [-0.4, -0.2) is 63.1 Å². The number of rotatable bonds is 6. The second-order valence-corrected chi connectivity index (χ2v) is 9.50. The van der Waals surface area contributed by atoms with Crippen LogP contribution in [0.25, 0.3) is 0 Å². The molecule has 3 rings (SSSR count). The average molecular weight is 397 g/mol. The molecule has 1 aromatic carbocycles. The Hall–Kier alpha value is -1.80. The number of hydrogen-bond acceptors (Lipinski definition) is 5. The van der Waals surface area contributed by atoms with Crippen molar-refractivity contribution in [3.05, 3.63) is 23.8 Å². The second-order valence-electron chi connectivity index (χ2n) is 7.25. The molecular formula is C19H28N2O5S. The van der Waals surface area contributed by atoms with Crippen molar-refractivity contribution in [2.75, 3.05) is 39.6 Å². The average Bonchev–Trinajstić information content (AvgIpc) is 3.11. The van der Waals surface area contributed by atoms with Gasteiger partial charge in [-0.2, -0.15) is 0 Å². The van der Waals surface area contributed by atoms with E-state index in [9.17, 15) is 13.2 Å². The molecule has 27 heavy (non-hydrogen) atoms. The summed E-state index contributed by atoms with van der Waals surface area (Å²) in [5, 5.41) is 0. The molecule has 0 bridgehead atoms. The van der Waals surface area contributed by atoms with Crippen molar-refractivity contribution in [3.63, 3.8) is 0 Å². The molecule has 2 aliphatic heterocycles. The van der Waals surface area contributed by atoms with Gasteiger partial charge in [0, 0.05) is 31.7 Å². The Labute approximate surface area is 161 Å². The van der Waals surface area contributed by atoms with Crippen LogP contribution >= 0.6 is 0 Å². The van der Waals surface area contributed by atoms with Gasteiger partial charge in [-0.1, -0.05) is 12.1 Å². The number of carbonyl (C=O) groups is 1. The number of hydrogen-bond donors (Lipinski definition) is 0. The summed E-state index contributed by atoms with van der Waals surface area (Å²) < 4.78 is 36.8. The van der Waals surface area contributed by atoms with E-state index in [4.69, 9.17) is 9.47 Å². The maximum atomic E-state index is 13.3. The van der Waals surface area contributed by atoms with Crippen LogP contribution in [0.1, 0.15) is 31.7 Å². The van der Waals surface area contributed by atoms with E-state index in [2.05, 4.69) is 0 Å². The Morgan fingerprint density at radius 1 is 1.15 bits per heavy atom. The van der Waals surface area contributed by atoms with Crippen LogP contribution in [0.5, 0.6) is 11.5 Å². The normalized spacial score (nSPS) is 23.8. The van der Waals surface area contributed by atoms with Crippen molar-refractivity contribution in [1.29, 1.82) is 0 Å². The molecule has 0 unspecified atom stereocenters. The van der Waals surface area contributed by atoms with Crippen LogP contribution in [0.15, 0.2) is 18.2 Å². The molecule has 0 N–H and O–H groups in total. The number of nitrogens with zero attached hydrogens (tertiary/aromatic N) is 2. The van der Waals surface area contributed by atoms with Gasteiger partial charge in [0.15, 0.2) is 11.5 Å². The molecule has 1 spiro atoms. The molecule has 7 nitrogen and oxygen atoms in total. The zero-order valence-electron chi connectivity index (χ0n) is 16.2. The number of piperidine rings is 1. The molecular weight excluding hydrogens is 368 g/mol. The summed E-state index contributed by atoms with van der Waals surface area (Å²) in [6.07, 6.45) is 2.21. The Bertz CT molecular complexity index is 810. The molecule has 0 saturated carbocycles. The second kappa shape index (κ2) is 7.67. The standard InChI is InChI=1S/C19H28N2O5S/c1-4-27(23,24)21-12-10-19(14-21)9-6-11-20(18(19)22)13-15-7-5-8-16(25-2)17(15)26-3/h5,7-8H,4,6,9-14H2,1-3H3/t19-/m1/s1. The number of benzene rings is 1. The Kier molecular flexibility index (Phi) is 5.67. The predicted octanol–water partition coefficient (Wildman–Crippen LogP) is 1.87. The van der Waals surface area contributed by atoms with E-state index in [0.29, 0.717) is 44.1 Å². The van der Waals surface area contributed by atoms with Gasteiger partial charge in [0.1, 0.15) is 0 Å². The summed E-state index contributed by atoms with van der Waals surface area (Å²) in [7, 11) is -0.0908. The molecule has 150 valence electrons. The number of methoxy groups -OCH3 is 2. The van der Waals surface area contributed by atoms with Gasteiger partial charge in [0.2, 0.25) is 15.9 Å². The molecule has 2 fully saturated rings. The van der Waals surface area contributed by atoms with Crippen LogP contribution in [0, 0.1) is 5.41 Å². The van der Waals surface area contributed by atoms with Gasteiger partial charge in [-0.05, 0) is 32.3 Å². The molecule has 0 radical (unpaired) electrons. The number of amides is 1. The number of para-hydroxylation sites is 1. The van der Waals surface area contributed by atoms with E-state index in [1.54, 1.807) is 21.1 Å². The van der Waals surface area contributed by atoms with E-state index in [1.807, 2.05) is 23.1 Å². The van der Waals surface area contributed by atoms with Gasteiger partial charge in [-0.15, -0.1) is 0 Å². The first kappa shape index (κ1) is 19.9. The number of carbonyl (C=O) groups excluding carboxylic acids is 1. The third-order valence-electron chi connectivity index (χ3n) is 5.75. The van der Waals surface area contributed by atoms with Crippen LogP contribution in [0.3, 0.4) is 0 Å². The topological polar surface area (TPSA) is 76.2 Å². The molecule has 8 heteroatoms. The van der Waals surface area contributed by atoms with Crippen molar-refractivity contribution in [3.8, 4) is 11.5 Å². The predicted molar refractivity (Wildman–Crippen MR) is 102 cm³/mol. The molecule has 2 aliphatic rings. The first-order valence-corrected chi connectivity index (χ1v) is 10.9. The highest BCUT2D eigenvalue weighted by atomic mass is 32.2. The van der Waals surface area contributed by atoms with Crippen molar-refractivity contribution < 1.29 is 22.7 Å². The van der Waals surface area contributed by atoms with Gasteiger partial charge in [0.05, 0.1) is 25.4 Å². The molecule has 1 amide bonds. The summed E-state index contributed by atoms with van der Waals surface area (Å²) in [5.41, 5.74) is 0.297. The lowest BCUT2D eigenvalue weighted by Gasteiger charge is -2.39. The third-order valence-corrected chi connectivity index (χ3v) is 7.57. The Morgan fingerprint density at radius 2 is 1.93 bits per heavy atom. The Morgan fingerprint density at radius 3 is 2.59 bits per heavy atom. The zero-order chi connectivity index (χ0) is 19.7. The maximum absolute atomic E-state index is 13.3. The third kappa shape index (κ3) is 3.65. The van der Waals surface area contributed by atoms with E-state index in [1.165, 1.54) is 4.31 Å². The smallest absolute Gasteiger partial charge is 0.230 e. The first-order valence-electron chi connectivity index (χ1n) is 9.34. The summed E-state index contributed by atoms with van der Waals surface area (Å²) in [6, 6.07) is 5.64. The summed E-state index contributed by atoms with van der Waals surface area (Å²) in [5.74, 6) is 1.39. The maximum Gasteiger partial charge on any atom is 0.230 e. The number of sulfonamides is 1. The molecule has 1 atom stereocenters. The largest absolute Gasteiger partial charge is 0.493 e. The lowest BCUT2D eigenvalue weighted by Crippen LogP contribution is -2.50. The summed E-state index contributed by atoms with van der Waals surface area (Å²) in [4.78, 5) is 15.1. The minimum absolute atomic E-state index is 0.0485. The minimum atomic E-state index is -3.27. The first-order chi connectivity index (χ1) is 12.9. The molecule has 2 heterocycles. The highest BCUT2D eigenvalue weighted by Gasteiger charge is 2.50. The number of ether oxygens (including phenoxy) is 2. The highest BCUT2D eigenvalue weighted by molar-refractivity contribution is 7.89. The van der Waals surface area contributed by atoms with Crippen molar-refractivity contribution in [2.24, 2.45) is 5.41 Å².